The number of methoxy groups -OCH3 is 3. The fraction of sp³-hybridized carbons (Fsp3) is 0.406. The van der Waals surface area contributed by atoms with E-state index in [0.29, 0.717) is 11.8 Å². The van der Waals surface area contributed by atoms with Gasteiger partial charge in [-0.05, 0) is 144 Å². The molecule has 12 nitrogen and oxygen atoms in total. The second-order valence-corrected chi connectivity index (χ2v) is 23.4. The summed E-state index contributed by atoms with van der Waals surface area (Å²) in [6, 6.07) is 50.0. The summed E-state index contributed by atoms with van der Waals surface area (Å²) in [5.41, 5.74) is 7.61. The quantitative estimate of drug-likeness (QED) is 0.115. The molecule has 15 heteroatoms. The predicted molar refractivity (Wildman–Crippen MR) is 331 cm³/mol. The second kappa shape index (κ2) is 28.7. The topological polar surface area (TPSA) is 110 Å². The maximum atomic E-state index is 12.8. The molecule has 3 saturated carbocycles. The zero-order valence-electron chi connectivity index (χ0n) is 45.0. The zero-order valence-corrected chi connectivity index (χ0v) is 49.8. The van der Waals surface area contributed by atoms with Crippen LogP contribution in [-0.2, 0) is 9.59 Å². The molecule has 6 aliphatic rings. The van der Waals surface area contributed by atoms with Gasteiger partial charge in [0, 0.05) is 126 Å². The molecule has 79 heavy (non-hydrogen) atoms. The van der Waals surface area contributed by atoms with Gasteiger partial charge < -0.3 is 44.2 Å². The van der Waals surface area contributed by atoms with Gasteiger partial charge in [-0.25, -0.2) is 0 Å². The van der Waals surface area contributed by atoms with Gasteiger partial charge >= 0.3 is 5.97 Å². The van der Waals surface area contributed by atoms with E-state index < -0.39 is 5.97 Å². The van der Waals surface area contributed by atoms with Crippen molar-refractivity contribution < 1.29 is 28.9 Å². The van der Waals surface area contributed by atoms with E-state index in [9.17, 15) is 9.59 Å². The first-order valence-corrected chi connectivity index (χ1v) is 29.7. The number of carbonyl (C=O) groups is 2. The van der Waals surface area contributed by atoms with Gasteiger partial charge in [0.1, 0.15) is 17.2 Å². The number of halogens is 3. The number of anilines is 3. The van der Waals surface area contributed by atoms with Gasteiger partial charge in [-0.2, -0.15) is 0 Å². The van der Waals surface area contributed by atoms with Gasteiger partial charge in [0.15, 0.2) is 0 Å². The van der Waals surface area contributed by atoms with Gasteiger partial charge in [0.2, 0.25) is 5.91 Å². The molecule has 0 unspecified atom stereocenters. The molecule has 6 fully saturated rings. The molecule has 0 spiro atoms. The summed E-state index contributed by atoms with van der Waals surface area (Å²) in [6.07, 6.45) is 3.15. The Balaban J connectivity index is 0.000000144. The number of carbonyl (C=O) groups excluding carboxylic acids is 1. The first-order chi connectivity index (χ1) is 38.0. The van der Waals surface area contributed by atoms with E-state index in [4.69, 9.17) is 19.3 Å². The summed E-state index contributed by atoms with van der Waals surface area (Å²) in [4.78, 5) is 35.2. The molecular formula is C64H77Br3N6O6. The van der Waals surface area contributed by atoms with Crippen LogP contribution in [0, 0.1) is 17.8 Å². The highest BCUT2D eigenvalue weighted by Gasteiger charge is 2.46. The largest absolute Gasteiger partial charge is 0.495 e. The monoisotopic (exact) mass is 1260 g/mol. The van der Waals surface area contributed by atoms with Crippen molar-refractivity contribution >= 4 is 76.7 Å². The van der Waals surface area contributed by atoms with Crippen LogP contribution >= 0.6 is 47.8 Å². The Bertz CT molecular complexity index is 2880. The Hall–Kier alpha value is -5.58. The van der Waals surface area contributed by atoms with Gasteiger partial charge in [-0.3, -0.25) is 14.5 Å². The van der Waals surface area contributed by atoms with Crippen LogP contribution in [0.2, 0.25) is 0 Å². The molecule has 0 bridgehead atoms. The molecule has 1 amide bonds. The average molecular weight is 1270 g/mol. The van der Waals surface area contributed by atoms with Crippen LogP contribution in [0.15, 0.2) is 159 Å². The van der Waals surface area contributed by atoms with Crippen molar-refractivity contribution in [2.75, 3.05) is 121 Å². The maximum absolute atomic E-state index is 12.8. The number of carboxylic acid groups (broad SMARTS) is 1. The number of carboxylic acids is 1. The number of benzene rings is 6. The first kappa shape index (κ1) is 59.5. The molecule has 0 aromatic heterocycles. The van der Waals surface area contributed by atoms with E-state index in [0.717, 1.165) is 145 Å². The molecule has 420 valence electrons. The van der Waals surface area contributed by atoms with E-state index in [2.05, 4.69) is 164 Å². The highest BCUT2D eigenvalue weighted by atomic mass is 79.9. The van der Waals surface area contributed by atoms with Crippen molar-refractivity contribution in [1.82, 2.24) is 15.1 Å². The number of nitrogens with zero attached hydrogens (tertiary/aromatic N) is 5. The van der Waals surface area contributed by atoms with Crippen LogP contribution in [0.5, 0.6) is 17.2 Å². The summed E-state index contributed by atoms with van der Waals surface area (Å²) in [7, 11) is 5.10. The molecular weight excluding hydrogens is 1190 g/mol. The molecule has 2 N–H and O–H groups in total. The Morgan fingerprint density at radius 2 is 0.873 bits per heavy atom. The molecule has 6 aromatic rings. The number of rotatable bonds is 13. The number of piperazine rings is 3. The summed E-state index contributed by atoms with van der Waals surface area (Å²) in [5.74, 6) is 4.66. The summed E-state index contributed by atoms with van der Waals surface area (Å²) in [5, 5.41) is 12.0. The number of hydrogen-bond donors (Lipinski definition) is 2. The van der Waals surface area contributed by atoms with E-state index in [1.807, 2.05) is 59.5 Å². The second-order valence-electron chi connectivity index (χ2n) is 20.9. The van der Waals surface area contributed by atoms with Crippen LogP contribution in [0.1, 0.15) is 61.1 Å². The highest BCUT2D eigenvalue weighted by molar-refractivity contribution is 9.11. The molecule has 3 aliphatic heterocycles. The fourth-order valence-electron chi connectivity index (χ4n) is 11.0. The maximum Gasteiger partial charge on any atom is 0.307 e. The lowest BCUT2D eigenvalue weighted by molar-refractivity contribution is -0.138. The summed E-state index contributed by atoms with van der Waals surface area (Å²) < 4.78 is 19.1. The molecule has 6 atom stereocenters. The molecule has 12 rings (SSSR count). The van der Waals surface area contributed by atoms with Crippen LogP contribution in [0.4, 0.5) is 17.1 Å². The van der Waals surface area contributed by atoms with Crippen molar-refractivity contribution in [2.45, 2.75) is 44.4 Å². The third kappa shape index (κ3) is 16.1. The first-order valence-electron chi connectivity index (χ1n) is 27.4. The van der Waals surface area contributed by atoms with E-state index in [1.165, 1.54) is 35.5 Å². The van der Waals surface area contributed by atoms with Crippen LogP contribution < -0.4 is 34.2 Å². The van der Waals surface area contributed by atoms with Crippen molar-refractivity contribution in [3.8, 4) is 17.2 Å². The lowest BCUT2D eigenvalue weighted by Gasteiger charge is -2.36. The lowest BCUT2D eigenvalue weighted by atomic mass is 10.1. The molecule has 6 aromatic carbocycles. The van der Waals surface area contributed by atoms with Crippen LogP contribution in [0.25, 0.3) is 0 Å². The summed E-state index contributed by atoms with van der Waals surface area (Å²) >= 11 is 10.5. The van der Waals surface area contributed by atoms with Gasteiger partial charge in [-0.1, -0.05) is 98.4 Å². The Kier molecular flexibility index (Phi) is 21.6. The SMILES string of the molecule is C.COc1cc(N2CCN(C(=O)[C@@H]3C[C@@H]3c3ccccc3)CC2)ccc1Br.COc1cc(N2CCN(C[C@@H]3C[C@@H]3c3ccccc3)CC2)ccc1Br.COc1cc(N2CCNCC2)ccc1Br.O=C(O)[C@@H]1C[C@@H]1c1ccccc1. The number of ether oxygens (including phenoxy) is 3. The van der Waals surface area contributed by atoms with Gasteiger partial charge in [0.25, 0.3) is 0 Å². The average Bonchev–Trinajstić information content (AvgIpc) is 4.54. The summed E-state index contributed by atoms with van der Waals surface area (Å²) in [6.45, 7) is 13.3. The standard InChI is InChI=1S/C21H23BrN2O2.C21H25BrN2O.C11H15BrN2O.C10H10O2.CH4/c1-26-20-13-16(7-8-19(20)22)23-9-11-24(12-10-23)21(25)18-14-17(18)15-5-3-2-4-6-15;1-25-21-14-18(7-8-20(21)22)24-11-9-23(10-12-24)15-17-13-19(17)16-5-3-2-4-6-16;1-15-11-8-9(2-3-10(11)12)14-6-4-13-5-7-14;11-10(12)9-6-8(9)7-4-2-1-3-5-7;/h2-8,13,17-18H,9-12,14H2,1H3;2-8,14,17,19H,9-13,15H2,1H3;2-3,8,13H,4-7H2,1H3;1-5,8-9H,6H2,(H,11,12);1H4/t17-,18-;17-,19+;;8-,9-;/m10.1./s1. The van der Waals surface area contributed by atoms with E-state index in [-0.39, 0.29) is 25.2 Å². The smallest absolute Gasteiger partial charge is 0.307 e. The minimum atomic E-state index is -0.663. The third-order valence-corrected chi connectivity index (χ3v) is 17.9. The van der Waals surface area contributed by atoms with E-state index >= 15 is 0 Å². The number of aliphatic carboxylic acids is 1. The molecule has 3 heterocycles. The minimum Gasteiger partial charge on any atom is -0.495 e. The minimum absolute atomic E-state index is 0. The van der Waals surface area contributed by atoms with Crippen LogP contribution in [-0.4, -0.2) is 133 Å². The van der Waals surface area contributed by atoms with Crippen molar-refractivity contribution in [3.63, 3.8) is 0 Å². The zero-order chi connectivity index (χ0) is 54.5. The van der Waals surface area contributed by atoms with E-state index in [1.54, 1.807) is 21.3 Å². The van der Waals surface area contributed by atoms with Crippen LogP contribution in [0.3, 0.4) is 0 Å². The van der Waals surface area contributed by atoms with Gasteiger partial charge in [0.05, 0.1) is 40.7 Å². The van der Waals surface area contributed by atoms with Crippen molar-refractivity contribution in [1.29, 1.82) is 0 Å². The lowest BCUT2D eigenvalue weighted by Crippen LogP contribution is -2.49. The number of amides is 1. The fourth-order valence-corrected chi connectivity index (χ4v) is 12.3. The van der Waals surface area contributed by atoms with Crippen molar-refractivity contribution in [2.24, 2.45) is 17.8 Å². The Morgan fingerprint density at radius 3 is 1.28 bits per heavy atom. The normalized spacial score (nSPS) is 21.9. The van der Waals surface area contributed by atoms with Crippen molar-refractivity contribution in [3.05, 3.63) is 176 Å². The Morgan fingerprint density at radius 1 is 0.494 bits per heavy atom. The third-order valence-electron chi connectivity index (χ3n) is 15.9. The number of hydrogen-bond acceptors (Lipinski definition) is 10. The predicted octanol–water partition coefficient (Wildman–Crippen LogP) is 12.7. The Labute approximate surface area is 493 Å². The van der Waals surface area contributed by atoms with Gasteiger partial charge in [-0.15, -0.1) is 0 Å². The molecule has 3 saturated heterocycles. The molecule has 3 aliphatic carbocycles. The highest BCUT2D eigenvalue weighted by Crippen LogP contribution is 2.50. The number of nitrogens with one attached hydrogen (secondary N) is 1. The molecule has 0 radical (unpaired) electrons.